The Morgan fingerprint density at radius 3 is 2.69 bits per heavy atom. The van der Waals surface area contributed by atoms with Crippen LogP contribution in [-0.2, 0) is 11.2 Å². The second kappa shape index (κ2) is 10.6. The standard InChI is InChI=1S/C23H26FN5O3/c1-16-20(6-3-7-22(16)29(31)32)25-23(30)12-14-28(2)13-4-5-19-15-21(27-26-19)17-8-10-18(24)11-9-17/h3,6-11,15H,4-5,12-14H2,1-2H3,(H,25,30)(H,26,27). The highest BCUT2D eigenvalue weighted by Crippen LogP contribution is 2.25. The van der Waals surface area contributed by atoms with Crippen molar-refractivity contribution >= 4 is 17.3 Å². The minimum atomic E-state index is -0.457. The fourth-order valence-corrected chi connectivity index (χ4v) is 3.37. The SMILES string of the molecule is Cc1c(NC(=O)CCN(C)CCCc2cc(-c3ccc(F)cc3)n[nH]2)cccc1[N+](=O)[O-]. The Balaban J connectivity index is 1.41. The fourth-order valence-electron chi connectivity index (χ4n) is 3.37. The molecule has 0 unspecified atom stereocenters. The molecular weight excluding hydrogens is 413 g/mol. The monoisotopic (exact) mass is 439 g/mol. The van der Waals surface area contributed by atoms with Gasteiger partial charge in [0, 0.05) is 30.3 Å². The zero-order valence-electron chi connectivity index (χ0n) is 18.1. The first kappa shape index (κ1) is 23.1. The Kier molecular flexibility index (Phi) is 7.67. The summed E-state index contributed by atoms with van der Waals surface area (Å²) >= 11 is 0. The average molecular weight is 439 g/mol. The van der Waals surface area contributed by atoms with Gasteiger partial charge >= 0.3 is 0 Å². The number of carbonyl (C=O) groups is 1. The largest absolute Gasteiger partial charge is 0.326 e. The molecule has 2 N–H and O–H groups in total. The lowest BCUT2D eigenvalue weighted by Crippen LogP contribution is -2.25. The number of nitrogens with zero attached hydrogens (tertiary/aromatic N) is 3. The van der Waals surface area contributed by atoms with Crippen LogP contribution in [0.3, 0.4) is 0 Å². The van der Waals surface area contributed by atoms with Crippen LogP contribution in [0.4, 0.5) is 15.8 Å². The van der Waals surface area contributed by atoms with E-state index in [1.54, 1.807) is 31.2 Å². The van der Waals surface area contributed by atoms with Crippen LogP contribution >= 0.6 is 0 Å². The summed E-state index contributed by atoms with van der Waals surface area (Å²) in [6.45, 7) is 2.99. The minimum Gasteiger partial charge on any atom is -0.326 e. The molecule has 0 fully saturated rings. The van der Waals surface area contributed by atoms with Gasteiger partial charge in [-0.15, -0.1) is 0 Å². The first-order valence-corrected chi connectivity index (χ1v) is 10.4. The lowest BCUT2D eigenvalue weighted by molar-refractivity contribution is -0.385. The number of nitro benzene ring substituents is 1. The van der Waals surface area contributed by atoms with Crippen molar-refractivity contribution in [2.75, 3.05) is 25.5 Å². The van der Waals surface area contributed by atoms with Gasteiger partial charge in [0.15, 0.2) is 0 Å². The number of carbonyl (C=O) groups excluding carboxylic acids is 1. The Bertz CT molecular complexity index is 1080. The summed E-state index contributed by atoms with van der Waals surface area (Å²) in [5, 5.41) is 21.1. The molecule has 32 heavy (non-hydrogen) atoms. The number of aromatic nitrogens is 2. The third-order valence-electron chi connectivity index (χ3n) is 5.25. The van der Waals surface area contributed by atoms with E-state index in [1.165, 1.54) is 18.2 Å². The van der Waals surface area contributed by atoms with E-state index in [-0.39, 0.29) is 23.8 Å². The summed E-state index contributed by atoms with van der Waals surface area (Å²) in [4.78, 5) is 24.9. The lowest BCUT2D eigenvalue weighted by atomic mass is 10.1. The van der Waals surface area contributed by atoms with Crippen molar-refractivity contribution < 1.29 is 14.1 Å². The highest BCUT2D eigenvalue weighted by Gasteiger charge is 2.15. The summed E-state index contributed by atoms with van der Waals surface area (Å²) in [6, 6.07) is 12.8. The number of halogens is 1. The highest BCUT2D eigenvalue weighted by atomic mass is 19.1. The molecule has 8 nitrogen and oxygen atoms in total. The summed E-state index contributed by atoms with van der Waals surface area (Å²) in [6.07, 6.45) is 1.97. The van der Waals surface area contributed by atoms with Gasteiger partial charge in [0.1, 0.15) is 5.82 Å². The Morgan fingerprint density at radius 2 is 1.97 bits per heavy atom. The smallest absolute Gasteiger partial charge is 0.274 e. The molecular formula is C23H26FN5O3. The number of hydrogen-bond acceptors (Lipinski definition) is 5. The molecule has 3 rings (SSSR count). The van der Waals surface area contributed by atoms with Gasteiger partial charge in [-0.05, 0) is 69.8 Å². The number of benzene rings is 2. The molecule has 0 radical (unpaired) electrons. The third-order valence-corrected chi connectivity index (χ3v) is 5.25. The zero-order valence-corrected chi connectivity index (χ0v) is 18.1. The molecule has 0 aliphatic carbocycles. The fraction of sp³-hybridized carbons (Fsp3) is 0.304. The van der Waals surface area contributed by atoms with E-state index in [1.807, 2.05) is 13.1 Å². The maximum Gasteiger partial charge on any atom is 0.274 e. The van der Waals surface area contributed by atoms with Crippen LogP contribution in [0.2, 0.25) is 0 Å². The number of hydrogen-bond donors (Lipinski definition) is 2. The van der Waals surface area contributed by atoms with E-state index >= 15 is 0 Å². The number of anilines is 1. The summed E-state index contributed by atoms with van der Waals surface area (Å²) in [7, 11) is 1.95. The predicted octanol–water partition coefficient (Wildman–Crippen LogP) is 4.33. The lowest BCUT2D eigenvalue weighted by Gasteiger charge is -2.16. The number of rotatable bonds is 10. The summed E-state index contributed by atoms with van der Waals surface area (Å²) < 4.78 is 13.1. The molecule has 0 spiro atoms. The van der Waals surface area contributed by atoms with Gasteiger partial charge in [-0.25, -0.2) is 4.39 Å². The van der Waals surface area contributed by atoms with E-state index in [4.69, 9.17) is 0 Å². The van der Waals surface area contributed by atoms with Crippen LogP contribution in [0.5, 0.6) is 0 Å². The minimum absolute atomic E-state index is 0.0127. The van der Waals surface area contributed by atoms with Crippen molar-refractivity contribution in [1.82, 2.24) is 15.1 Å². The van der Waals surface area contributed by atoms with Gasteiger partial charge in [-0.2, -0.15) is 5.10 Å². The number of nitrogens with one attached hydrogen (secondary N) is 2. The second-order valence-corrected chi connectivity index (χ2v) is 7.70. The van der Waals surface area contributed by atoms with Crippen molar-refractivity contribution in [3.63, 3.8) is 0 Å². The van der Waals surface area contributed by atoms with E-state index in [0.717, 1.165) is 36.3 Å². The van der Waals surface area contributed by atoms with Gasteiger partial charge in [0.05, 0.1) is 21.9 Å². The van der Waals surface area contributed by atoms with Crippen LogP contribution < -0.4 is 5.32 Å². The van der Waals surface area contributed by atoms with Gasteiger partial charge in [-0.3, -0.25) is 20.0 Å². The molecule has 0 atom stereocenters. The molecule has 1 heterocycles. The molecule has 0 aliphatic heterocycles. The van der Waals surface area contributed by atoms with Crippen molar-refractivity contribution in [2.45, 2.75) is 26.2 Å². The zero-order chi connectivity index (χ0) is 23.1. The molecule has 3 aromatic rings. The van der Waals surface area contributed by atoms with E-state index in [9.17, 15) is 19.3 Å². The van der Waals surface area contributed by atoms with Crippen LogP contribution in [0.1, 0.15) is 24.1 Å². The van der Waals surface area contributed by atoms with Crippen LogP contribution in [0.15, 0.2) is 48.5 Å². The van der Waals surface area contributed by atoms with E-state index in [0.29, 0.717) is 17.8 Å². The molecule has 0 aliphatic rings. The van der Waals surface area contributed by atoms with Gasteiger partial charge in [0.2, 0.25) is 5.91 Å². The number of amides is 1. The molecule has 2 aromatic carbocycles. The quantitative estimate of drug-likeness (QED) is 0.362. The maximum absolute atomic E-state index is 13.1. The molecule has 9 heteroatoms. The normalized spacial score (nSPS) is 11.0. The van der Waals surface area contributed by atoms with E-state index < -0.39 is 4.92 Å². The molecule has 0 bridgehead atoms. The predicted molar refractivity (Wildman–Crippen MR) is 121 cm³/mol. The second-order valence-electron chi connectivity index (χ2n) is 7.70. The summed E-state index contributed by atoms with van der Waals surface area (Å²) in [5.41, 5.74) is 3.53. The summed E-state index contributed by atoms with van der Waals surface area (Å²) in [5.74, 6) is -0.459. The number of H-pyrrole nitrogens is 1. The van der Waals surface area contributed by atoms with Crippen molar-refractivity contribution in [3.8, 4) is 11.3 Å². The Hall–Kier alpha value is -3.59. The van der Waals surface area contributed by atoms with Gasteiger partial charge in [-0.1, -0.05) is 6.07 Å². The molecule has 168 valence electrons. The van der Waals surface area contributed by atoms with Crippen LogP contribution in [-0.4, -0.2) is 46.1 Å². The topological polar surface area (TPSA) is 104 Å². The molecule has 0 saturated heterocycles. The number of aromatic amines is 1. The van der Waals surface area contributed by atoms with Crippen molar-refractivity contribution in [1.29, 1.82) is 0 Å². The molecule has 0 saturated carbocycles. The van der Waals surface area contributed by atoms with Crippen LogP contribution in [0, 0.1) is 22.9 Å². The first-order chi connectivity index (χ1) is 15.3. The molecule has 1 amide bonds. The van der Waals surface area contributed by atoms with Gasteiger partial charge < -0.3 is 10.2 Å². The number of aryl methyl sites for hydroxylation is 1. The first-order valence-electron chi connectivity index (χ1n) is 10.4. The maximum atomic E-state index is 13.1. The Labute approximate surface area is 185 Å². The van der Waals surface area contributed by atoms with Crippen molar-refractivity contribution in [2.24, 2.45) is 0 Å². The highest BCUT2D eigenvalue weighted by molar-refractivity contribution is 5.92. The average Bonchev–Trinajstić information content (AvgIpc) is 3.23. The van der Waals surface area contributed by atoms with Crippen molar-refractivity contribution in [3.05, 3.63) is 75.7 Å². The van der Waals surface area contributed by atoms with Gasteiger partial charge in [0.25, 0.3) is 5.69 Å². The van der Waals surface area contributed by atoms with Crippen LogP contribution in [0.25, 0.3) is 11.3 Å². The Morgan fingerprint density at radius 1 is 1.22 bits per heavy atom. The van der Waals surface area contributed by atoms with E-state index in [2.05, 4.69) is 20.4 Å². The number of nitro groups is 1. The third kappa shape index (κ3) is 6.21. The molecule has 1 aromatic heterocycles.